The summed E-state index contributed by atoms with van der Waals surface area (Å²) in [5, 5.41) is 12.2. The molecule has 3 aromatic rings. The summed E-state index contributed by atoms with van der Waals surface area (Å²) in [7, 11) is 4.82. The second-order valence-corrected chi connectivity index (χ2v) is 8.49. The number of fused-ring (bicyclic) bond motifs is 1. The maximum Gasteiger partial charge on any atom is 0.271 e. The molecule has 0 bridgehead atoms. The van der Waals surface area contributed by atoms with Crippen LogP contribution in [0.5, 0.6) is 17.2 Å². The third-order valence-electron chi connectivity index (χ3n) is 6.43. The standard InChI is InChI=1S/C24H27N5O5/c1-32-20-7-6-16(29(30)31)12-19(20)27-8-10-28(11-9-27)24-17-13-21(33-2)22(34-3)14-18(17)25-23(26-24)15-4-5-15/h6-7,12-15H,4-5,8-11H2,1-3H3. The van der Waals surface area contributed by atoms with E-state index in [4.69, 9.17) is 24.2 Å². The molecule has 10 nitrogen and oxygen atoms in total. The molecule has 0 amide bonds. The second kappa shape index (κ2) is 8.85. The van der Waals surface area contributed by atoms with Crippen molar-refractivity contribution in [2.24, 2.45) is 0 Å². The van der Waals surface area contributed by atoms with Gasteiger partial charge in [0.1, 0.15) is 17.4 Å². The summed E-state index contributed by atoms with van der Waals surface area (Å²) in [6.07, 6.45) is 2.22. The highest BCUT2D eigenvalue weighted by Crippen LogP contribution is 2.42. The molecule has 1 aliphatic carbocycles. The highest BCUT2D eigenvalue weighted by Gasteiger charge is 2.30. The van der Waals surface area contributed by atoms with Gasteiger partial charge in [-0.2, -0.15) is 0 Å². The van der Waals surface area contributed by atoms with Crippen LogP contribution >= 0.6 is 0 Å². The zero-order chi connectivity index (χ0) is 23.8. The first kappa shape index (κ1) is 22.0. The smallest absolute Gasteiger partial charge is 0.271 e. The molecular formula is C24H27N5O5. The fourth-order valence-electron chi connectivity index (χ4n) is 4.42. The molecule has 1 aliphatic heterocycles. The summed E-state index contributed by atoms with van der Waals surface area (Å²) in [6, 6.07) is 8.55. The summed E-state index contributed by atoms with van der Waals surface area (Å²) < 4.78 is 16.5. The minimum absolute atomic E-state index is 0.0511. The minimum Gasteiger partial charge on any atom is -0.495 e. The Kier molecular flexibility index (Phi) is 5.72. The summed E-state index contributed by atoms with van der Waals surface area (Å²) in [5.41, 5.74) is 1.62. The summed E-state index contributed by atoms with van der Waals surface area (Å²) in [4.78, 5) is 25.1. The number of methoxy groups -OCH3 is 3. The Hall–Kier alpha value is -3.82. The molecule has 5 rings (SSSR count). The van der Waals surface area contributed by atoms with Gasteiger partial charge in [0, 0.05) is 55.7 Å². The Morgan fingerprint density at radius 1 is 0.882 bits per heavy atom. The molecular weight excluding hydrogens is 438 g/mol. The lowest BCUT2D eigenvalue weighted by atomic mass is 10.1. The Morgan fingerprint density at radius 3 is 2.15 bits per heavy atom. The molecule has 2 fully saturated rings. The number of anilines is 2. The maximum absolute atomic E-state index is 11.3. The number of benzene rings is 2. The number of hydrogen-bond donors (Lipinski definition) is 0. The maximum atomic E-state index is 11.3. The molecule has 0 spiro atoms. The topological polar surface area (TPSA) is 103 Å². The number of hydrogen-bond acceptors (Lipinski definition) is 9. The van der Waals surface area contributed by atoms with Gasteiger partial charge in [0.25, 0.3) is 5.69 Å². The van der Waals surface area contributed by atoms with Gasteiger partial charge in [-0.05, 0) is 25.0 Å². The highest BCUT2D eigenvalue weighted by molar-refractivity contribution is 5.92. The van der Waals surface area contributed by atoms with Crippen LogP contribution in [0.25, 0.3) is 10.9 Å². The van der Waals surface area contributed by atoms with Crippen LogP contribution in [-0.2, 0) is 0 Å². The van der Waals surface area contributed by atoms with Crippen LogP contribution in [0.2, 0.25) is 0 Å². The van der Waals surface area contributed by atoms with E-state index in [1.54, 1.807) is 33.5 Å². The largest absolute Gasteiger partial charge is 0.495 e. The summed E-state index contributed by atoms with van der Waals surface area (Å²) in [6.45, 7) is 2.76. The van der Waals surface area contributed by atoms with Crippen molar-refractivity contribution in [1.82, 2.24) is 9.97 Å². The van der Waals surface area contributed by atoms with E-state index in [-0.39, 0.29) is 10.6 Å². The zero-order valence-electron chi connectivity index (χ0n) is 19.5. The number of piperazine rings is 1. The van der Waals surface area contributed by atoms with E-state index >= 15 is 0 Å². The van der Waals surface area contributed by atoms with Crippen LogP contribution in [0.4, 0.5) is 17.2 Å². The van der Waals surface area contributed by atoms with Gasteiger partial charge < -0.3 is 24.0 Å². The molecule has 1 saturated carbocycles. The Labute approximate surface area is 197 Å². The number of nitro groups is 1. The van der Waals surface area contributed by atoms with Gasteiger partial charge in [-0.1, -0.05) is 0 Å². The van der Waals surface area contributed by atoms with Crippen LogP contribution < -0.4 is 24.0 Å². The van der Waals surface area contributed by atoms with E-state index in [0.717, 1.165) is 41.1 Å². The van der Waals surface area contributed by atoms with E-state index in [2.05, 4.69) is 9.80 Å². The number of ether oxygens (including phenoxy) is 3. The average Bonchev–Trinajstić information content (AvgIpc) is 3.72. The molecule has 0 unspecified atom stereocenters. The van der Waals surface area contributed by atoms with Gasteiger partial charge in [0.15, 0.2) is 11.5 Å². The van der Waals surface area contributed by atoms with E-state index in [1.807, 2.05) is 12.1 Å². The Morgan fingerprint density at radius 2 is 1.53 bits per heavy atom. The first-order chi connectivity index (χ1) is 16.5. The molecule has 0 radical (unpaired) electrons. The van der Waals surface area contributed by atoms with Crippen molar-refractivity contribution in [3.05, 3.63) is 46.3 Å². The van der Waals surface area contributed by atoms with E-state index in [1.165, 1.54) is 6.07 Å². The van der Waals surface area contributed by atoms with Crippen molar-refractivity contribution in [3.63, 3.8) is 0 Å². The van der Waals surface area contributed by atoms with Crippen molar-refractivity contribution < 1.29 is 19.1 Å². The lowest BCUT2D eigenvalue weighted by Gasteiger charge is -2.37. The Bertz CT molecular complexity index is 1240. The second-order valence-electron chi connectivity index (χ2n) is 8.49. The van der Waals surface area contributed by atoms with E-state index in [9.17, 15) is 10.1 Å². The van der Waals surface area contributed by atoms with Crippen LogP contribution in [0, 0.1) is 10.1 Å². The average molecular weight is 466 g/mol. The molecule has 1 aromatic heterocycles. The van der Waals surface area contributed by atoms with Gasteiger partial charge in [0.05, 0.1) is 37.5 Å². The number of nitrogens with zero attached hydrogens (tertiary/aromatic N) is 5. The number of rotatable bonds is 7. The zero-order valence-corrected chi connectivity index (χ0v) is 19.5. The molecule has 1 saturated heterocycles. The number of non-ortho nitro benzene ring substituents is 1. The monoisotopic (exact) mass is 465 g/mol. The SMILES string of the molecule is COc1cc2nc(C3CC3)nc(N3CCN(c4cc([N+](=O)[O-])ccc4OC)CC3)c2cc1OC. The highest BCUT2D eigenvalue weighted by atomic mass is 16.6. The first-order valence-corrected chi connectivity index (χ1v) is 11.3. The molecule has 0 N–H and O–H groups in total. The predicted octanol–water partition coefficient (Wildman–Crippen LogP) is 3.77. The predicted molar refractivity (Wildman–Crippen MR) is 129 cm³/mol. The van der Waals surface area contributed by atoms with Gasteiger partial charge in [-0.15, -0.1) is 0 Å². The van der Waals surface area contributed by atoms with Crippen LogP contribution in [-0.4, -0.2) is 62.4 Å². The summed E-state index contributed by atoms with van der Waals surface area (Å²) >= 11 is 0. The third kappa shape index (κ3) is 4.00. The quantitative estimate of drug-likeness (QED) is 0.381. The van der Waals surface area contributed by atoms with Gasteiger partial charge in [0.2, 0.25) is 0 Å². The third-order valence-corrected chi connectivity index (χ3v) is 6.43. The lowest BCUT2D eigenvalue weighted by Crippen LogP contribution is -2.47. The molecule has 178 valence electrons. The molecule has 2 aromatic carbocycles. The molecule has 2 aliphatic rings. The van der Waals surface area contributed by atoms with Crippen LogP contribution in [0.3, 0.4) is 0 Å². The molecule has 2 heterocycles. The normalized spacial score (nSPS) is 16.0. The minimum atomic E-state index is -0.382. The summed E-state index contributed by atoms with van der Waals surface area (Å²) in [5.74, 6) is 4.07. The van der Waals surface area contributed by atoms with Crippen molar-refractivity contribution in [1.29, 1.82) is 0 Å². The first-order valence-electron chi connectivity index (χ1n) is 11.3. The van der Waals surface area contributed by atoms with Gasteiger partial charge in [-0.25, -0.2) is 9.97 Å². The number of aromatic nitrogens is 2. The molecule has 0 atom stereocenters. The number of nitro benzene ring substituents is 1. The van der Waals surface area contributed by atoms with Gasteiger partial charge in [-0.3, -0.25) is 10.1 Å². The van der Waals surface area contributed by atoms with Crippen LogP contribution in [0.1, 0.15) is 24.6 Å². The van der Waals surface area contributed by atoms with Crippen LogP contribution in [0.15, 0.2) is 30.3 Å². The van der Waals surface area contributed by atoms with E-state index in [0.29, 0.717) is 49.3 Å². The fourth-order valence-corrected chi connectivity index (χ4v) is 4.42. The molecule has 10 heteroatoms. The lowest BCUT2D eigenvalue weighted by molar-refractivity contribution is -0.384. The van der Waals surface area contributed by atoms with E-state index < -0.39 is 0 Å². The fraction of sp³-hybridized carbons (Fsp3) is 0.417. The van der Waals surface area contributed by atoms with Crippen molar-refractivity contribution in [2.45, 2.75) is 18.8 Å². The van der Waals surface area contributed by atoms with Crippen molar-refractivity contribution in [2.75, 3.05) is 57.3 Å². The van der Waals surface area contributed by atoms with Gasteiger partial charge >= 0.3 is 0 Å². The Balaban J connectivity index is 1.47. The van der Waals surface area contributed by atoms with Crippen molar-refractivity contribution >= 4 is 28.1 Å². The molecule has 34 heavy (non-hydrogen) atoms. The van der Waals surface area contributed by atoms with Crippen molar-refractivity contribution in [3.8, 4) is 17.2 Å².